The zero-order valence-electron chi connectivity index (χ0n) is 12.4. The SMILES string of the molecule is O=C(CC1(C(=O)O)CCCC1)NCCC(=O)N1CCCC1. The second-order valence-electron chi connectivity index (χ2n) is 6.16. The molecule has 0 bridgehead atoms. The van der Waals surface area contributed by atoms with Crippen molar-refractivity contribution in [3.63, 3.8) is 0 Å². The Balaban J connectivity index is 1.71. The second-order valence-corrected chi connectivity index (χ2v) is 6.16. The molecule has 21 heavy (non-hydrogen) atoms. The Morgan fingerprint density at radius 1 is 1.05 bits per heavy atom. The number of amides is 2. The molecule has 0 radical (unpaired) electrons. The third-order valence-electron chi connectivity index (χ3n) is 4.63. The Kier molecular flexibility index (Phi) is 5.20. The highest BCUT2D eigenvalue weighted by atomic mass is 16.4. The van der Waals surface area contributed by atoms with Crippen LogP contribution in [0.15, 0.2) is 0 Å². The lowest BCUT2D eigenvalue weighted by Crippen LogP contribution is -2.37. The minimum Gasteiger partial charge on any atom is -0.481 e. The highest BCUT2D eigenvalue weighted by Crippen LogP contribution is 2.41. The first kappa shape index (κ1) is 15.8. The molecule has 0 spiro atoms. The lowest BCUT2D eigenvalue weighted by Gasteiger charge is -2.23. The molecule has 0 unspecified atom stereocenters. The van der Waals surface area contributed by atoms with Crippen LogP contribution in [0, 0.1) is 5.41 Å². The van der Waals surface area contributed by atoms with Gasteiger partial charge in [-0.15, -0.1) is 0 Å². The van der Waals surface area contributed by atoms with Gasteiger partial charge >= 0.3 is 5.97 Å². The molecule has 1 saturated carbocycles. The fraction of sp³-hybridized carbons (Fsp3) is 0.800. The van der Waals surface area contributed by atoms with E-state index in [0.717, 1.165) is 38.8 Å². The van der Waals surface area contributed by atoms with E-state index in [1.165, 1.54) is 0 Å². The molecule has 1 aliphatic carbocycles. The number of carboxylic acids is 1. The van der Waals surface area contributed by atoms with Gasteiger partial charge in [0.05, 0.1) is 5.41 Å². The number of carboxylic acid groups (broad SMARTS) is 1. The van der Waals surface area contributed by atoms with Crippen molar-refractivity contribution in [3.05, 3.63) is 0 Å². The number of hydrogen-bond donors (Lipinski definition) is 2. The maximum absolute atomic E-state index is 11.9. The lowest BCUT2D eigenvalue weighted by atomic mass is 9.82. The maximum Gasteiger partial charge on any atom is 0.310 e. The van der Waals surface area contributed by atoms with Gasteiger partial charge in [0.25, 0.3) is 0 Å². The van der Waals surface area contributed by atoms with Gasteiger partial charge in [0.2, 0.25) is 11.8 Å². The van der Waals surface area contributed by atoms with Crippen LogP contribution in [0.2, 0.25) is 0 Å². The van der Waals surface area contributed by atoms with Gasteiger partial charge < -0.3 is 15.3 Å². The summed E-state index contributed by atoms with van der Waals surface area (Å²) in [5.74, 6) is -1.06. The molecule has 1 heterocycles. The average molecular weight is 296 g/mol. The third-order valence-corrected chi connectivity index (χ3v) is 4.63. The van der Waals surface area contributed by atoms with Crippen molar-refractivity contribution in [2.24, 2.45) is 5.41 Å². The van der Waals surface area contributed by atoms with E-state index < -0.39 is 11.4 Å². The quantitative estimate of drug-likeness (QED) is 0.770. The number of nitrogens with one attached hydrogen (secondary N) is 1. The van der Waals surface area contributed by atoms with Gasteiger partial charge in [0.1, 0.15) is 0 Å². The topological polar surface area (TPSA) is 86.7 Å². The molecule has 6 heteroatoms. The summed E-state index contributed by atoms with van der Waals surface area (Å²) in [6.45, 7) is 1.92. The molecular weight excluding hydrogens is 272 g/mol. The van der Waals surface area contributed by atoms with Gasteiger partial charge in [-0.1, -0.05) is 12.8 Å². The Morgan fingerprint density at radius 2 is 1.67 bits per heavy atom. The number of carbonyl (C=O) groups excluding carboxylic acids is 2. The molecule has 0 aromatic carbocycles. The van der Waals surface area contributed by atoms with Crippen molar-refractivity contribution in [1.29, 1.82) is 0 Å². The van der Waals surface area contributed by atoms with Gasteiger partial charge in [0, 0.05) is 32.5 Å². The monoisotopic (exact) mass is 296 g/mol. The number of likely N-dealkylation sites (tertiary alicyclic amines) is 1. The van der Waals surface area contributed by atoms with Crippen LogP contribution in [-0.2, 0) is 14.4 Å². The number of aliphatic carboxylic acids is 1. The summed E-state index contributed by atoms with van der Waals surface area (Å²) in [4.78, 5) is 36.9. The van der Waals surface area contributed by atoms with E-state index in [1.54, 1.807) is 0 Å². The van der Waals surface area contributed by atoms with Crippen LogP contribution in [0.5, 0.6) is 0 Å². The van der Waals surface area contributed by atoms with Gasteiger partial charge in [-0.25, -0.2) is 0 Å². The van der Waals surface area contributed by atoms with Gasteiger partial charge in [-0.3, -0.25) is 14.4 Å². The molecule has 118 valence electrons. The summed E-state index contributed by atoms with van der Waals surface area (Å²) >= 11 is 0. The van der Waals surface area contributed by atoms with E-state index in [0.29, 0.717) is 25.8 Å². The van der Waals surface area contributed by atoms with Crippen molar-refractivity contribution < 1.29 is 19.5 Å². The van der Waals surface area contributed by atoms with Crippen LogP contribution in [0.1, 0.15) is 51.4 Å². The zero-order valence-corrected chi connectivity index (χ0v) is 12.4. The number of nitrogens with zero attached hydrogens (tertiary/aromatic N) is 1. The molecule has 2 amide bonds. The van der Waals surface area contributed by atoms with Crippen LogP contribution in [-0.4, -0.2) is 47.4 Å². The molecule has 2 N–H and O–H groups in total. The van der Waals surface area contributed by atoms with Crippen LogP contribution >= 0.6 is 0 Å². The van der Waals surface area contributed by atoms with E-state index in [1.807, 2.05) is 4.90 Å². The minimum atomic E-state index is -0.886. The largest absolute Gasteiger partial charge is 0.481 e. The zero-order chi connectivity index (χ0) is 15.3. The normalized spacial score (nSPS) is 20.5. The van der Waals surface area contributed by atoms with Crippen molar-refractivity contribution in [2.75, 3.05) is 19.6 Å². The van der Waals surface area contributed by atoms with E-state index in [-0.39, 0.29) is 18.2 Å². The van der Waals surface area contributed by atoms with E-state index >= 15 is 0 Å². The Hall–Kier alpha value is -1.59. The second kappa shape index (κ2) is 6.91. The van der Waals surface area contributed by atoms with E-state index in [2.05, 4.69) is 5.32 Å². The van der Waals surface area contributed by atoms with Crippen LogP contribution in [0.3, 0.4) is 0 Å². The molecule has 2 fully saturated rings. The molecule has 0 aromatic rings. The van der Waals surface area contributed by atoms with Crippen molar-refractivity contribution in [1.82, 2.24) is 10.2 Å². The Morgan fingerprint density at radius 3 is 2.24 bits per heavy atom. The van der Waals surface area contributed by atoms with Gasteiger partial charge in [-0.2, -0.15) is 0 Å². The fourth-order valence-electron chi connectivity index (χ4n) is 3.32. The summed E-state index contributed by atoms with van der Waals surface area (Å²) in [5, 5.41) is 12.0. The van der Waals surface area contributed by atoms with Crippen LogP contribution in [0.4, 0.5) is 0 Å². The predicted molar refractivity (Wildman–Crippen MR) is 76.6 cm³/mol. The Bertz CT molecular complexity index is 410. The smallest absolute Gasteiger partial charge is 0.310 e. The van der Waals surface area contributed by atoms with E-state index in [4.69, 9.17) is 0 Å². The first-order valence-corrected chi connectivity index (χ1v) is 7.81. The molecule has 6 nitrogen and oxygen atoms in total. The fourth-order valence-corrected chi connectivity index (χ4v) is 3.32. The van der Waals surface area contributed by atoms with Crippen molar-refractivity contribution >= 4 is 17.8 Å². The van der Waals surface area contributed by atoms with Gasteiger partial charge in [-0.05, 0) is 25.7 Å². The lowest BCUT2D eigenvalue weighted by molar-refractivity contribution is -0.151. The number of hydrogen-bond acceptors (Lipinski definition) is 3. The molecule has 2 rings (SSSR count). The molecule has 1 aliphatic heterocycles. The highest BCUT2D eigenvalue weighted by Gasteiger charge is 2.42. The number of rotatable bonds is 6. The van der Waals surface area contributed by atoms with Crippen LogP contribution in [0.25, 0.3) is 0 Å². The Labute approximate surface area is 124 Å². The predicted octanol–water partition coefficient (Wildman–Crippen LogP) is 1.15. The summed E-state index contributed by atoms with van der Waals surface area (Å²) in [6, 6.07) is 0. The molecule has 1 saturated heterocycles. The van der Waals surface area contributed by atoms with E-state index in [9.17, 15) is 19.5 Å². The average Bonchev–Trinajstić information content (AvgIpc) is 3.10. The summed E-state index contributed by atoms with van der Waals surface area (Å²) in [7, 11) is 0. The third kappa shape index (κ3) is 3.95. The highest BCUT2D eigenvalue weighted by molar-refractivity contribution is 5.85. The van der Waals surface area contributed by atoms with Crippen molar-refractivity contribution in [2.45, 2.75) is 51.4 Å². The molecule has 2 aliphatic rings. The standard InChI is InChI=1S/C15H24N2O4/c18-12(11-15(14(20)21)6-1-2-7-15)16-8-5-13(19)17-9-3-4-10-17/h1-11H2,(H,16,18)(H,20,21). The van der Waals surface area contributed by atoms with Crippen LogP contribution < -0.4 is 5.32 Å². The number of carbonyl (C=O) groups is 3. The maximum atomic E-state index is 11.9. The summed E-state index contributed by atoms with van der Waals surface area (Å²) in [5.41, 5.74) is -0.886. The first-order chi connectivity index (χ1) is 10.0. The van der Waals surface area contributed by atoms with Gasteiger partial charge in [0.15, 0.2) is 0 Å². The minimum absolute atomic E-state index is 0.0280. The molecule has 0 atom stereocenters. The van der Waals surface area contributed by atoms with Crippen molar-refractivity contribution in [3.8, 4) is 0 Å². The molecular formula is C15H24N2O4. The molecule has 0 aromatic heterocycles. The first-order valence-electron chi connectivity index (χ1n) is 7.81. The summed E-state index contributed by atoms with van der Waals surface area (Å²) in [6.07, 6.45) is 5.31. The summed E-state index contributed by atoms with van der Waals surface area (Å²) < 4.78 is 0.